The fourth-order valence-electron chi connectivity index (χ4n) is 8.86. The fraction of sp³-hybridized carbons (Fsp3) is 0.828. The second-order valence-corrected chi connectivity index (χ2v) is 20.6. The summed E-state index contributed by atoms with van der Waals surface area (Å²) in [6.07, 6.45) is 72.6. The van der Waals surface area contributed by atoms with Crippen molar-refractivity contribution in [2.24, 2.45) is 0 Å². The zero-order chi connectivity index (χ0) is 50.7. The molecule has 70 heavy (non-hydrogen) atoms. The van der Waals surface area contributed by atoms with Crippen molar-refractivity contribution >= 4 is 17.9 Å². The standard InChI is InChI=1S/C64H116O6/c1-4-7-10-13-16-19-22-25-27-28-29-30-31-32-33-34-35-36-37-40-42-45-48-51-54-57-63(66)69-60-61(59-68-62(65)56-53-50-47-44-41-38-24-21-18-15-12-9-6-3)70-64(67)58-55-52-49-46-43-39-26-23-20-17-14-11-8-5-2/h14,17,21,23-24,26,28-29,61H,4-13,15-16,18-20,22,25,27,30-60H2,1-3H3/b17-14-,24-21-,26-23-,29-28-. The van der Waals surface area contributed by atoms with Crippen LogP contribution in [-0.2, 0) is 28.6 Å². The van der Waals surface area contributed by atoms with E-state index in [9.17, 15) is 14.4 Å². The van der Waals surface area contributed by atoms with Crippen LogP contribution in [-0.4, -0.2) is 37.2 Å². The molecule has 0 rings (SSSR count). The Hall–Kier alpha value is -2.63. The maximum atomic E-state index is 12.8. The van der Waals surface area contributed by atoms with Crippen LogP contribution in [0.5, 0.6) is 0 Å². The van der Waals surface area contributed by atoms with E-state index in [1.165, 1.54) is 193 Å². The quantitative estimate of drug-likeness (QED) is 0.0261. The van der Waals surface area contributed by atoms with Gasteiger partial charge in [-0.1, -0.05) is 256 Å². The van der Waals surface area contributed by atoms with Gasteiger partial charge in [-0.15, -0.1) is 0 Å². The number of hydrogen-bond donors (Lipinski definition) is 0. The first-order valence-corrected chi connectivity index (χ1v) is 30.6. The van der Waals surface area contributed by atoms with Crippen LogP contribution in [0, 0.1) is 0 Å². The molecule has 0 aliphatic carbocycles. The molecule has 0 aromatic rings. The predicted molar refractivity (Wildman–Crippen MR) is 302 cm³/mol. The average Bonchev–Trinajstić information content (AvgIpc) is 3.36. The SMILES string of the molecule is CCCC/C=C\C/C=C\CCCCCCCC(=O)OC(COC(=O)CCCCCCC/C=C\CCCCCC)COC(=O)CCCCCCCCCCCCCCC/C=C\CCCCCCCCCC. The van der Waals surface area contributed by atoms with Crippen molar-refractivity contribution < 1.29 is 28.6 Å². The molecule has 1 atom stereocenters. The molecule has 408 valence electrons. The predicted octanol–water partition coefficient (Wildman–Crippen LogP) is 20.6. The highest BCUT2D eigenvalue weighted by atomic mass is 16.6. The van der Waals surface area contributed by atoms with Gasteiger partial charge in [0.15, 0.2) is 6.10 Å². The third kappa shape index (κ3) is 56.3. The van der Waals surface area contributed by atoms with E-state index in [0.717, 1.165) is 89.9 Å². The minimum atomic E-state index is -0.783. The molecule has 0 saturated heterocycles. The zero-order valence-corrected chi connectivity index (χ0v) is 46.8. The van der Waals surface area contributed by atoms with Gasteiger partial charge in [0, 0.05) is 19.3 Å². The van der Waals surface area contributed by atoms with Crippen LogP contribution in [0.4, 0.5) is 0 Å². The van der Waals surface area contributed by atoms with Crippen molar-refractivity contribution in [3.05, 3.63) is 48.6 Å². The topological polar surface area (TPSA) is 78.9 Å². The van der Waals surface area contributed by atoms with Crippen LogP contribution in [0.15, 0.2) is 48.6 Å². The number of carbonyl (C=O) groups excluding carboxylic acids is 3. The molecule has 0 aromatic carbocycles. The minimum absolute atomic E-state index is 0.0795. The van der Waals surface area contributed by atoms with Crippen LogP contribution in [0.25, 0.3) is 0 Å². The van der Waals surface area contributed by atoms with E-state index < -0.39 is 6.10 Å². The lowest BCUT2D eigenvalue weighted by atomic mass is 10.0. The van der Waals surface area contributed by atoms with Crippen molar-refractivity contribution in [1.82, 2.24) is 0 Å². The summed E-state index contributed by atoms with van der Waals surface area (Å²) in [5.74, 6) is -0.889. The van der Waals surface area contributed by atoms with Crippen molar-refractivity contribution in [2.75, 3.05) is 13.2 Å². The monoisotopic (exact) mass is 981 g/mol. The largest absolute Gasteiger partial charge is 0.462 e. The number of allylic oxidation sites excluding steroid dienone is 8. The molecule has 6 nitrogen and oxygen atoms in total. The second kappa shape index (κ2) is 58.9. The maximum absolute atomic E-state index is 12.8. The van der Waals surface area contributed by atoms with Crippen LogP contribution >= 0.6 is 0 Å². The molecule has 0 amide bonds. The number of carbonyl (C=O) groups is 3. The normalized spacial score (nSPS) is 12.3. The number of esters is 3. The van der Waals surface area contributed by atoms with Gasteiger partial charge in [-0.25, -0.2) is 0 Å². The molecule has 0 fully saturated rings. The lowest BCUT2D eigenvalue weighted by Crippen LogP contribution is -2.30. The highest BCUT2D eigenvalue weighted by Gasteiger charge is 2.19. The molecule has 0 N–H and O–H groups in total. The maximum Gasteiger partial charge on any atom is 0.306 e. The van der Waals surface area contributed by atoms with Crippen LogP contribution in [0.3, 0.4) is 0 Å². The first-order valence-electron chi connectivity index (χ1n) is 30.6. The molecule has 0 aromatic heterocycles. The summed E-state index contributed by atoms with van der Waals surface area (Å²) in [6.45, 7) is 6.60. The van der Waals surface area contributed by atoms with E-state index in [-0.39, 0.29) is 31.1 Å². The van der Waals surface area contributed by atoms with Crippen LogP contribution < -0.4 is 0 Å². The number of unbranched alkanes of at least 4 members (excludes halogenated alkanes) is 37. The van der Waals surface area contributed by atoms with E-state index in [1.807, 2.05) is 0 Å². The molecular weight excluding hydrogens is 865 g/mol. The lowest BCUT2D eigenvalue weighted by molar-refractivity contribution is -0.167. The molecule has 6 heteroatoms. The third-order valence-corrected chi connectivity index (χ3v) is 13.5. The van der Waals surface area contributed by atoms with Gasteiger partial charge in [0.1, 0.15) is 13.2 Å². The van der Waals surface area contributed by atoms with E-state index in [4.69, 9.17) is 14.2 Å². The molecule has 0 heterocycles. The number of hydrogen-bond acceptors (Lipinski definition) is 6. The van der Waals surface area contributed by atoms with Crippen LogP contribution in [0.1, 0.15) is 323 Å². The average molecular weight is 982 g/mol. The Morgan fingerprint density at radius 3 is 0.857 bits per heavy atom. The van der Waals surface area contributed by atoms with Crippen LogP contribution in [0.2, 0.25) is 0 Å². The Labute approximate surface area is 435 Å². The molecule has 1 unspecified atom stereocenters. The number of rotatable bonds is 56. The molecule has 0 bridgehead atoms. The first kappa shape index (κ1) is 67.4. The smallest absolute Gasteiger partial charge is 0.306 e. The summed E-state index contributed by atoms with van der Waals surface area (Å²) in [4.78, 5) is 38.2. The third-order valence-electron chi connectivity index (χ3n) is 13.5. The Balaban J connectivity index is 4.24. The molecule has 0 aliphatic rings. The number of ether oxygens (including phenoxy) is 3. The summed E-state index contributed by atoms with van der Waals surface area (Å²) in [6, 6.07) is 0. The van der Waals surface area contributed by atoms with E-state index in [0.29, 0.717) is 19.3 Å². The molecule has 0 saturated carbocycles. The highest BCUT2D eigenvalue weighted by molar-refractivity contribution is 5.71. The van der Waals surface area contributed by atoms with Crippen molar-refractivity contribution in [2.45, 2.75) is 329 Å². The Kier molecular flexibility index (Phi) is 56.7. The van der Waals surface area contributed by atoms with Gasteiger partial charge in [0.2, 0.25) is 0 Å². The van der Waals surface area contributed by atoms with Gasteiger partial charge in [-0.3, -0.25) is 14.4 Å². The first-order chi connectivity index (χ1) is 34.5. The summed E-state index contributed by atoms with van der Waals surface area (Å²) < 4.78 is 16.9. The van der Waals surface area contributed by atoms with Crippen molar-refractivity contribution in [3.63, 3.8) is 0 Å². The van der Waals surface area contributed by atoms with Gasteiger partial charge in [-0.2, -0.15) is 0 Å². The van der Waals surface area contributed by atoms with Crippen molar-refractivity contribution in [3.8, 4) is 0 Å². The van der Waals surface area contributed by atoms with Gasteiger partial charge >= 0.3 is 17.9 Å². The van der Waals surface area contributed by atoms with E-state index in [1.54, 1.807) is 0 Å². The Morgan fingerprint density at radius 1 is 0.286 bits per heavy atom. The molecule has 0 radical (unpaired) electrons. The molecule has 0 spiro atoms. The lowest BCUT2D eigenvalue weighted by Gasteiger charge is -2.18. The zero-order valence-electron chi connectivity index (χ0n) is 46.8. The summed E-state index contributed by atoms with van der Waals surface area (Å²) in [7, 11) is 0. The summed E-state index contributed by atoms with van der Waals surface area (Å²) in [5.41, 5.74) is 0. The summed E-state index contributed by atoms with van der Waals surface area (Å²) >= 11 is 0. The Bertz CT molecular complexity index is 1220. The van der Waals surface area contributed by atoms with E-state index >= 15 is 0 Å². The van der Waals surface area contributed by atoms with Gasteiger partial charge in [-0.05, 0) is 96.3 Å². The van der Waals surface area contributed by atoms with E-state index in [2.05, 4.69) is 69.4 Å². The molecule has 0 aliphatic heterocycles. The summed E-state index contributed by atoms with van der Waals surface area (Å²) in [5, 5.41) is 0. The highest BCUT2D eigenvalue weighted by Crippen LogP contribution is 2.16. The Morgan fingerprint density at radius 2 is 0.529 bits per heavy atom. The van der Waals surface area contributed by atoms with Gasteiger partial charge < -0.3 is 14.2 Å². The second-order valence-electron chi connectivity index (χ2n) is 20.6. The van der Waals surface area contributed by atoms with Gasteiger partial charge in [0.25, 0.3) is 0 Å². The minimum Gasteiger partial charge on any atom is -0.462 e. The molecular formula is C64H116O6. The van der Waals surface area contributed by atoms with Crippen molar-refractivity contribution in [1.29, 1.82) is 0 Å². The van der Waals surface area contributed by atoms with Gasteiger partial charge in [0.05, 0.1) is 0 Å². The fourth-order valence-corrected chi connectivity index (χ4v) is 8.86.